The SMILES string of the molecule is C[C@H]1C[C@@H](c2ccncc2Cc2ncc3ccc(-c4c(F)cc(C5COC5)cc4F)nn23)C[C@@H](N)[C@@H]1O. The molecule has 7 nitrogen and oxygen atoms in total. The minimum absolute atomic E-state index is 0.0207. The fraction of sp³-hybridized carbons (Fsp3) is 0.393. The fourth-order valence-electron chi connectivity index (χ4n) is 5.67. The Balaban J connectivity index is 1.33. The molecule has 0 bridgehead atoms. The molecule has 2 aliphatic rings. The van der Waals surface area contributed by atoms with Gasteiger partial charge in [-0.1, -0.05) is 6.92 Å². The van der Waals surface area contributed by atoms with Gasteiger partial charge in [0.2, 0.25) is 0 Å². The van der Waals surface area contributed by atoms with Gasteiger partial charge in [0.1, 0.15) is 17.5 Å². The topological polar surface area (TPSA) is 98.6 Å². The molecule has 3 N–H and O–H groups in total. The van der Waals surface area contributed by atoms with Crippen LogP contribution in [0.15, 0.2) is 48.9 Å². The number of halogens is 2. The Morgan fingerprint density at radius 3 is 2.57 bits per heavy atom. The third-order valence-electron chi connectivity index (χ3n) is 7.85. The van der Waals surface area contributed by atoms with Crippen molar-refractivity contribution in [2.24, 2.45) is 11.7 Å². The van der Waals surface area contributed by atoms with Gasteiger partial charge in [-0.05, 0) is 71.7 Å². The van der Waals surface area contributed by atoms with Gasteiger partial charge >= 0.3 is 0 Å². The van der Waals surface area contributed by atoms with E-state index in [1.807, 2.05) is 19.2 Å². The number of hydrogen-bond acceptors (Lipinski definition) is 6. The first kappa shape index (κ1) is 24.1. The van der Waals surface area contributed by atoms with E-state index in [4.69, 9.17) is 10.5 Å². The van der Waals surface area contributed by atoms with E-state index in [1.54, 1.807) is 29.0 Å². The molecule has 4 aromatic rings. The van der Waals surface area contributed by atoms with Gasteiger partial charge in [0, 0.05) is 30.8 Å². The van der Waals surface area contributed by atoms with Gasteiger partial charge < -0.3 is 15.6 Å². The Hall–Kier alpha value is -3.27. The largest absolute Gasteiger partial charge is 0.391 e. The van der Waals surface area contributed by atoms with Crippen LogP contribution in [-0.4, -0.2) is 50.0 Å². The van der Waals surface area contributed by atoms with E-state index in [9.17, 15) is 5.11 Å². The number of ether oxygens (including phenoxy) is 1. The second-order valence-electron chi connectivity index (χ2n) is 10.4. The molecule has 0 radical (unpaired) electrons. The molecule has 6 rings (SSSR count). The molecule has 9 heteroatoms. The Kier molecular flexibility index (Phi) is 6.22. The van der Waals surface area contributed by atoms with Crippen LogP contribution in [0.1, 0.15) is 54.1 Å². The molecular formula is C28H29F2N5O2. The van der Waals surface area contributed by atoms with Crippen LogP contribution >= 0.6 is 0 Å². The summed E-state index contributed by atoms with van der Waals surface area (Å²) < 4.78 is 36.9. The van der Waals surface area contributed by atoms with Crippen LogP contribution < -0.4 is 5.73 Å². The molecule has 3 aromatic heterocycles. The molecule has 192 valence electrons. The number of aliphatic hydroxyl groups is 1. The maximum absolute atomic E-state index is 15.1. The Morgan fingerprint density at radius 2 is 1.86 bits per heavy atom. The van der Waals surface area contributed by atoms with Crippen molar-refractivity contribution < 1.29 is 18.6 Å². The van der Waals surface area contributed by atoms with E-state index < -0.39 is 17.7 Å². The highest BCUT2D eigenvalue weighted by atomic mass is 19.1. The lowest BCUT2D eigenvalue weighted by Crippen LogP contribution is -2.44. The van der Waals surface area contributed by atoms with Crippen LogP contribution in [0.5, 0.6) is 0 Å². The summed E-state index contributed by atoms with van der Waals surface area (Å²) in [4.78, 5) is 8.89. The number of imidazole rings is 1. The molecule has 1 aliphatic heterocycles. The van der Waals surface area contributed by atoms with Crippen molar-refractivity contribution in [3.05, 3.63) is 83.1 Å². The van der Waals surface area contributed by atoms with Gasteiger partial charge in [0.05, 0.1) is 42.3 Å². The molecule has 1 saturated carbocycles. The van der Waals surface area contributed by atoms with E-state index in [0.29, 0.717) is 37.4 Å². The first-order chi connectivity index (χ1) is 17.9. The Bertz CT molecular complexity index is 1420. The zero-order valence-corrected chi connectivity index (χ0v) is 20.5. The second-order valence-corrected chi connectivity index (χ2v) is 10.4. The molecule has 0 amide bonds. The maximum atomic E-state index is 15.1. The van der Waals surface area contributed by atoms with Gasteiger partial charge in [-0.2, -0.15) is 5.10 Å². The van der Waals surface area contributed by atoms with Gasteiger partial charge in [-0.25, -0.2) is 18.3 Å². The van der Waals surface area contributed by atoms with Crippen molar-refractivity contribution in [2.45, 2.75) is 50.2 Å². The molecule has 1 saturated heterocycles. The third kappa shape index (κ3) is 4.41. The fourth-order valence-corrected chi connectivity index (χ4v) is 5.67. The maximum Gasteiger partial charge on any atom is 0.135 e. The van der Waals surface area contributed by atoms with Crippen molar-refractivity contribution in [2.75, 3.05) is 13.2 Å². The molecule has 4 atom stereocenters. The lowest BCUT2D eigenvalue weighted by Gasteiger charge is -2.36. The number of rotatable bonds is 5. The molecule has 0 spiro atoms. The number of nitrogens with two attached hydrogens (primary N) is 1. The summed E-state index contributed by atoms with van der Waals surface area (Å²) in [5.74, 6) is -0.330. The highest BCUT2D eigenvalue weighted by Gasteiger charge is 2.34. The smallest absolute Gasteiger partial charge is 0.135 e. The number of fused-ring (bicyclic) bond motifs is 1. The lowest BCUT2D eigenvalue weighted by atomic mass is 9.74. The Morgan fingerprint density at radius 1 is 1.08 bits per heavy atom. The van der Waals surface area contributed by atoms with Crippen LogP contribution in [0.25, 0.3) is 16.8 Å². The van der Waals surface area contributed by atoms with E-state index in [-0.39, 0.29) is 35.1 Å². The van der Waals surface area contributed by atoms with E-state index in [0.717, 1.165) is 23.1 Å². The number of benzene rings is 1. The first-order valence-corrected chi connectivity index (χ1v) is 12.7. The average Bonchev–Trinajstić information content (AvgIpc) is 3.23. The molecule has 4 heterocycles. The molecule has 1 aromatic carbocycles. The highest BCUT2D eigenvalue weighted by molar-refractivity contribution is 5.63. The predicted molar refractivity (Wildman–Crippen MR) is 134 cm³/mol. The first-order valence-electron chi connectivity index (χ1n) is 12.7. The predicted octanol–water partition coefficient (Wildman–Crippen LogP) is 3.98. The normalized spacial score (nSPS) is 24.4. The minimum Gasteiger partial charge on any atom is -0.391 e. The van der Waals surface area contributed by atoms with Gasteiger partial charge in [-0.3, -0.25) is 4.98 Å². The summed E-state index contributed by atoms with van der Waals surface area (Å²) in [6.07, 6.45) is 6.75. The zero-order valence-electron chi connectivity index (χ0n) is 20.5. The number of hydrogen-bond donors (Lipinski definition) is 2. The molecule has 37 heavy (non-hydrogen) atoms. The summed E-state index contributed by atoms with van der Waals surface area (Å²) in [5, 5.41) is 14.9. The average molecular weight is 506 g/mol. The van der Waals surface area contributed by atoms with Crippen molar-refractivity contribution >= 4 is 5.52 Å². The Labute approximate surface area is 213 Å². The molecular weight excluding hydrogens is 476 g/mol. The number of nitrogens with zero attached hydrogens (tertiary/aromatic N) is 4. The molecule has 0 unspecified atom stereocenters. The second kappa shape index (κ2) is 9.55. The number of aliphatic hydroxyl groups excluding tert-OH is 1. The summed E-state index contributed by atoms with van der Waals surface area (Å²) in [7, 11) is 0. The van der Waals surface area contributed by atoms with Crippen LogP contribution in [0.3, 0.4) is 0 Å². The number of aromatic nitrogens is 4. The number of pyridine rings is 1. The van der Waals surface area contributed by atoms with Gasteiger partial charge in [-0.15, -0.1) is 0 Å². The minimum atomic E-state index is -0.644. The lowest BCUT2D eigenvalue weighted by molar-refractivity contribution is 0.00822. The van der Waals surface area contributed by atoms with E-state index >= 15 is 8.78 Å². The van der Waals surface area contributed by atoms with Crippen LogP contribution in [0, 0.1) is 17.6 Å². The van der Waals surface area contributed by atoms with Crippen LogP contribution in [0.4, 0.5) is 8.78 Å². The standard InChI is InChI=1S/C28H29F2N5O2/c1-15-6-17(9-24(31)28(15)36)21-4-5-32-11-18(21)10-26-33-12-20-2-3-25(34-35(20)26)27-22(29)7-16(8-23(27)30)19-13-37-14-19/h2-5,7-8,11-12,15,17,19,24,28,36H,6,9-10,13-14,31H2,1H3/t15-,17+,24+,28+/m0/s1. The zero-order chi connectivity index (χ0) is 25.7. The van der Waals surface area contributed by atoms with Crippen LogP contribution in [-0.2, 0) is 11.2 Å². The highest BCUT2D eigenvalue weighted by Crippen LogP contribution is 2.37. The summed E-state index contributed by atoms with van der Waals surface area (Å²) in [6.45, 7) is 2.97. The summed E-state index contributed by atoms with van der Waals surface area (Å²) >= 11 is 0. The van der Waals surface area contributed by atoms with Crippen molar-refractivity contribution in [3.8, 4) is 11.3 Å². The third-order valence-corrected chi connectivity index (χ3v) is 7.85. The van der Waals surface area contributed by atoms with Crippen LogP contribution in [0.2, 0.25) is 0 Å². The summed E-state index contributed by atoms with van der Waals surface area (Å²) in [5.41, 5.74) is 9.72. The quantitative estimate of drug-likeness (QED) is 0.426. The molecule has 1 aliphatic carbocycles. The van der Waals surface area contributed by atoms with E-state index in [1.165, 1.54) is 12.1 Å². The van der Waals surface area contributed by atoms with Crippen molar-refractivity contribution in [1.29, 1.82) is 0 Å². The van der Waals surface area contributed by atoms with E-state index in [2.05, 4.69) is 15.1 Å². The van der Waals surface area contributed by atoms with Gasteiger partial charge in [0.25, 0.3) is 0 Å². The monoisotopic (exact) mass is 505 g/mol. The van der Waals surface area contributed by atoms with Crippen molar-refractivity contribution in [3.63, 3.8) is 0 Å². The van der Waals surface area contributed by atoms with Gasteiger partial charge in [0.15, 0.2) is 0 Å². The molecule has 2 fully saturated rings. The van der Waals surface area contributed by atoms with Crippen molar-refractivity contribution in [1.82, 2.24) is 19.6 Å². The summed E-state index contributed by atoms with van der Waals surface area (Å²) in [6, 6.07) is 7.85.